The second-order valence-corrected chi connectivity index (χ2v) is 9.52. The van der Waals surface area contributed by atoms with E-state index in [2.05, 4.69) is 173 Å². The van der Waals surface area contributed by atoms with Crippen LogP contribution in [0.3, 0.4) is 0 Å². The van der Waals surface area contributed by atoms with Crippen LogP contribution < -0.4 is 9.80 Å². The highest BCUT2D eigenvalue weighted by molar-refractivity contribution is 5.74. The molecule has 3 aromatic carbocycles. The third-order valence-corrected chi connectivity index (χ3v) is 6.57. The number of anilines is 3. The molecule has 0 bridgehead atoms. The number of hydrogen-bond donors (Lipinski definition) is 0. The number of benzene rings is 3. The van der Waals surface area contributed by atoms with Crippen LogP contribution in [0, 0.1) is 6.92 Å². The quantitative estimate of drug-likeness (QED) is 0.229. The summed E-state index contributed by atoms with van der Waals surface area (Å²) in [7, 11) is 0. The SMILES string of the molecule is C=C/C=C(C)\C=C/N(C(/C=C\C)=C/C)c1ccc(-c2ccc(N(C(/C=C\C)=C/C)c3ccc(C)cc3)cc2)cc1. The molecule has 0 spiro atoms. The van der Waals surface area contributed by atoms with E-state index in [1.165, 1.54) is 16.7 Å². The molecule has 0 aromatic heterocycles. The molecule has 2 nitrogen and oxygen atoms in total. The number of hydrogen-bond acceptors (Lipinski definition) is 2. The van der Waals surface area contributed by atoms with Crippen molar-refractivity contribution in [3.63, 3.8) is 0 Å². The number of allylic oxidation sites excluding steroid dienone is 10. The zero-order valence-corrected chi connectivity index (χ0v) is 24.8. The standard InChI is InChI=1S/C38H42N2/c1-8-13-30(6)28-29-39(34(11-4)14-9-2)36-24-18-32(19-25-36)33-20-26-38(27-21-33)40(35(12-5)15-10-3)37-22-16-31(7)17-23-37/h8-29H,1H2,2-7H3/b14-9-,15-10-,29-28-,30-13-,34-11+,35-12+. The van der Waals surface area contributed by atoms with Gasteiger partial charge in [-0.05, 0) is 113 Å². The monoisotopic (exact) mass is 526 g/mol. The molecule has 0 heterocycles. The van der Waals surface area contributed by atoms with Gasteiger partial charge in [0.25, 0.3) is 0 Å². The summed E-state index contributed by atoms with van der Waals surface area (Å²) in [5.74, 6) is 0. The van der Waals surface area contributed by atoms with E-state index >= 15 is 0 Å². The van der Waals surface area contributed by atoms with Gasteiger partial charge in [0.15, 0.2) is 0 Å². The summed E-state index contributed by atoms with van der Waals surface area (Å²) in [6.07, 6.45) is 20.7. The number of aryl methyl sites for hydroxylation is 1. The van der Waals surface area contributed by atoms with Gasteiger partial charge < -0.3 is 9.80 Å². The molecule has 3 rings (SSSR count). The molecule has 204 valence electrons. The topological polar surface area (TPSA) is 6.48 Å². The number of nitrogens with zero attached hydrogens (tertiary/aromatic N) is 2. The summed E-state index contributed by atoms with van der Waals surface area (Å²) >= 11 is 0. The Hall–Kier alpha value is -4.56. The van der Waals surface area contributed by atoms with Crippen molar-refractivity contribution in [2.24, 2.45) is 0 Å². The van der Waals surface area contributed by atoms with E-state index in [9.17, 15) is 0 Å². The first-order chi connectivity index (χ1) is 19.4. The third kappa shape index (κ3) is 7.74. The van der Waals surface area contributed by atoms with Crippen molar-refractivity contribution >= 4 is 17.1 Å². The van der Waals surface area contributed by atoms with Crippen molar-refractivity contribution in [1.29, 1.82) is 0 Å². The summed E-state index contributed by atoms with van der Waals surface area (Å²) in [5.41, 5.74) is 10.4. The smallest absolute Gasteiger partial charge is 0.0461 e. The molecule has 0 saturated heterocycles. The average Bonchev–Trinajstić information content (AvgIpc) is 2.98. The van der Waals surface area contributed by atoms with E-state index in [0.29, 0.717) is 0 Å². The molecule has 0 aliphatic heterocycles. The zero-order valence-electron chi connectivity index (χ0n) is 24.8. The van der Waals surface area contributed by atoms with E-state index in [4.69, 9.17) is 0 Å². The summed E-state index contributed by atoms with van der Waals surface area (Å²) < 4.78 is 0. The molecule has 0 saturated carbocycles. The predicted octanol–water partition coefficient (Wildman–Crippen LogP) is 11.2. The van der Waals surface area contributed by atoms with Crippen LogP contribution in [0.2, 0.25) is 0 Å². The maximum atomic E-state index is 3.80. The molecular weight excluding hydrogens is 484 g/mol. The maximum Gasteiger partial charge on any atom is 0.0461 e. The van der Waals surface area contributed by atoms with E-state index in [1.54, 1.807) is 0 Å². The van der Waals surface area contributed by atoms with E-state index < -0.39 is 0 Å². The highest BCUT2D eigenvalue weighted by Gasteiger charge is 2.13. The minimum absolute atomic E-state index is 1.10. The minimum atomic E-state index is 1.10. The van der Waals surface area contributed by atoms with Crippen LogP contribution in [0.5, 0.6) is 0 Å². The molecule has 0 N–H and O–H groups in total. The molecule has 2 heteroatoms. The van der Waals surface area contributed by atoms with Crippen molar-refractivity contribution < 1.29 is 0 Å². The van der Waals surface area contributed by atoms with Gasteiger partial charge in [0, 0.05) is 34.7 Å². The highest BCUT2D eigenvalue weighted by Crippen LogP contribution is 2.33. The second kappa shape index (κ2) is 15.1. The van der Waals surface area contributed by atoms with E-state index in [-0.39, 0.29) is 0 Å². The molecule has 0 atom stereocenters. The van der Waals surface area contributed by atoms with Crippen LogP contribution in [0.4, 0.5) is 17.1 Å². The Morgan fingerprint density at radius 2 is 1.10 bits per heavy atom. The van der Waals surface area contributed by atoms with Gasteiger partial charge in [0.2, 0.25) is 0 Å². The molecule has 0 aliphatic carbocycles. The molecule has 3 aromatic rings. The Morgan fingerprint density at radius 1 is 0.625 bits per heavy atom. The van der Waals surface area contributed by atoms with Crippen LogP contribution in [0.15, 0.2) is 157 Å². The molecule has 0 unspecified atom stereocenters. The van der Waals surface area contributed by atoms with Gasteiger partial charge in [-0.3, -0.25) is 0 Å². The fourth-order valence-electron chi connectivity index (χ4n) is 4.47. The lowest BCUT2D eigenvalue weighted by Crippen LogP contribution is -2.15. The zero-order chi connectivity index (χ0) is 28.9. The Balaban J connectivity index is 1.95. The van der Waals surface area contributed by atoms with Gasteiger partial charge in [0.1, 0.15) is 0 Å². The summed E-state index contributed by atoms with van der Waals surface area (Å²) in [6, 6.07) is 26.2. The van der Waals surface area contributed by atoms with Gasteiger partial charge in [-0.25, -0.2) is 0 Å². The van der Waals surface area contributed by atoms with Gasteiger partial charge in [0.05, 0.1) is 0 Å². The first kappa shape index (κ1) is 30.0. The normalized spacial score (nSPS) is 13.0. The molecule has 40 heavy (non-hydrogen) atoms. The van der Waals surface area contributed by atoms with Crippen molar-refractivity contribution in [2.45, 2.75) is 41.5 Å². The molecular formula is C38H42N2. The lowest BCUT2D eigenvalue weighted by Gasteiger charge is -2.26. The largest absolute Gasteiger partial charge is 0.318 e. The molecule has 0 fully saturated rings. The molecule has 0 amide bonds. The number of rotatable bonds is 11. The van der Waals surface area contributed by atoms with Crippen molar-refractivity contribution in [1.82, 2.24) is 0 Å². The van der Waals surface area contributed by atoms with Crippen molar-refractivity contribution in [3.8, 4) is 11.1 Å². The third-order valence-electron chi connectivity index (χ3n) is 6.57. The maximum absolute atomic E-state index is 3.80. The summed E-state index contributed by atoms with van der Waals surface area (Å²) in [6.45, 7) is 16.2. The van der Waals surface area contributed by atoms with Gasteiger partial charge in [-0.15, -0.1) is 0 Å². The Bertz CT molecular complexity index is 1420. The van der Waals surface area contributed by atoms with E-state index in [0.717, 1.165) is 34.0 Å². The lowest BCUT2D eigenvalue weighted by atomic mass is 10.0. The van der Waals surface area contributed by atoms with Crippen LogP contribution in [-0.2, 0) is 0 Å². The average molecular weight is 527 g/mol. The molecule has 0 aliphatic rings. The first-order valence-corrected chi connectivity index (χ1v) is 13.9. The summed E-state index contributed by atoms with van der Waals surface area (Å²) in [5, 5.41) is 0. The fourth-order valence-corrected chi connectivity index (χ4v) is 4.47. The van der Waals surface area contributed by atoms with Crippen molar-refractivity contribution in [2.75, 3.05) is 9.80 Å². The first-order valence-electron chi connectivity index (χ1n) is 13.9. The Labute approximate surface area is 242 Å². The minimum Gasteiger partial charge on any atom is -0.318 e. The van der Waals surface area contributed by atoms with Crippen LogP contribution in [0.1, 0.15) is 40.2 Å². The van der Waals surface area contributed by atoms with Crippen LogP contribution in [-0.4, -0.2) is 0 Å². The van der Waals surface area contributed by atoms with Gasteiger partial charge in [-0.1, -0.05) is 85.0 Å². The van der Waals surface area contributed by atoms with Crippen molar-refractivity contribution in [3.05, 3.63) is 163 Å². The molecule has 0 radical (unpaired) electrons. The Kier molecular flexibility index (Phi) is 11.3. The van der Waals surface area contributed by atoms with Crippen LogP contribution >= 0.6 is 0 Å². The second-order valence-electron chi connectivity index (χ2n) is 9.52. The highest BCUT2D eigenvalue weighted by atomic mass is 15.1. The van der Waals surface area contributed by atoms with Gasteiger partial charge >= 0.3 is 0 Å². The lowest BCUT2D eigenvalue weighted by molar-refractivity contribution is 1.19. The fraction of sp³-hybridized carbons (Fsp3) is 0.158. The Morgan fingerprint density at radius 3 is 1.57 bits per heavy atom. The summed E-state index contributed by atoms with van der Waals surface area (Å²) in [4.78, 5) is 4.49. The van der Waals surface area contributed by atoms with Gasteiger partial charge in [-0.2, -0.15) is 0 Å². The van der Waals surface area contributed by atoms with Crippen LogP contribution in [0.25, 0.3) is 11.1 Å². The predicted molar refractivity (Wildman–Crippen MR) is 178 cm³/mol. The van der Waals surface area contributed by atoms with E-state index in [1.807, 2.05) is 19.1 Å².